The third-order valence-corrected chi connectivity index (χ3v) is 14.5. The van der Waals surface area contributed by atoms with Crippen molar-refractivity contribution in [3.8, 4) is 0 Å². The molecule has 0 heterocycles. The molecule has 3 aromatic rings. The van der Waals surface area contributed by atoms with E-state index in [0.717, 1.165) is 37.4 Å². The van der Waals surface area contributed by atoms with Gasteiger partial charge in [-0.2, -0.15) is 0 Å². The molecule has 1 amide bonds. The van der Waals surface area contributed by atoms with Gasteiger partial charge in [-0.1, -0.05) is 43.9 Å². The van der Waals surface area contributed by atoms with Crippen molar-refractivity contribution in [1.82, 2.24) is 5.32 Å². The second kappa shape index (κ2) is 40.2. The van der Waals surface area contributed by atoms with Crippen LogP contribution >= 0.6 is 0 Å². The minimum Gasteiger partial charge on any atom is -0.448 e. The number of amides is 1. The van der Waals surface area contributed by atoms with Gasteiger partial charge in [0.05, 0.1) is 26.3 Å². The zero-order valence-electron chi connectivity index (χ0n) is 41.6. The number of para-hydroxylation sites is 1. The van der Waals surface area contributed by atoms with Crippen molar-refractivity contribution in [3.63, 3.8) is 0 Å². The number of nitrogens with zero attached hydrogens (tertiary/aromatic N) is 6. The van der Waals surface area contributed by atoms with Crippen LogP contribution in [-0.4, -0.2) is 137 Å². The van der Waals surface area contributed by atoms with Crippen LogP contribution in [0.2, 0.25) is 31.7 Å². The Morgan fingerprint density at radius 2 is 1.07 bits per heavy atom. The van der Waals surface area contributed by atoms with Crippen LogP contribution in [0.1, 0.15) is 54.4 Å². The van der Waals surface area contributed by atoms with Crippen molar-refractivity contribution in [2.45, 2.75) is 86.1 Å². The van der Waals surface area contributed by atoms with Crippen LogP contribution in [0.3, 0.4) is 0 Å². The summed E-state index contributed by atoms with van der Waals surface area (Å²) in [7, 11) is -3.58. The van der Waals surface area contributed by atoms with E-state index in [1.54, 1.807) is 30.3 Å². The minimum absolute atomic E-state index is 0. The van der Waals surface area contributed by atoms with Crippen LogP contribution in [-0.2, 0) is 22.8 Å². The lowest BCUT2D eigenvalue weighted by Gasteiger charge is -2.28. The first-order valence-corrected chi connectivity index (χ1v) is 28.7. The summed E-state index contributed by atoms with van der Waals surface area (Å²) in [5.74, 6) is 0. The zero-order valence-corrected chi connectivity index (χ0v) is 43.6. The zero-order chi connectivity index (χ0) is 49.5. The molecule has 0 saturated heterocycles. The third kappa shape index (κ3) is 30.2. The fraction of sp³-hybridized carbons (Fsp3) is 0.574. The first-order valence-electron chi connectivity index (χ1n) is 23.0. The molecule has 0 aliphatic carbocycles. The van der Waals surface area contributed by atoms with Crippen molar-refractivity contribution >= 4 is 57.5 Å². The van der Waals surface area contributed by atoms with Crippen molar-refractivity contribution < 1.29 is 43.3 Å². The number of isocyanates is 1. The van der Waals surface area contributed by atoms with E-state index in [2.05, 4.69) is 64.3 Å². The molecule has 67 heavy (non-hydrogen) atoms. The van der Waals surface area contributed by atoms with Gasteiger partial charge >= 0.3 is 14.9 Å². The molecule has 0 unspecified atom stereocenters. The largest absolute Gasteiger partial charge is 0.500 e. The molecule has 18 nitrogen and oxygen atoms in total. The number of nitrogens with one attached hydrogen (secondary N) is 1. The standard InChI is InChI=1S/C20H35N3O6Si.C10H14N2O2.C10H15NO.C7H15NOSi.H2O/c1-5-23(19-12-10-18(22-25)11-13-19)15-16-26-20(24)21-14-9-17-30(27-6-2,28-7-3)29-8-4;1-2-12(7-8-13)10-5-3-9(11-14)4-6-10;1-2-11(8-9-12)10-6-4-3-5-7-10;1-10(2,3)6-4-5-8-7-9;/h10-13H,5-9,14-17H2,1-4H3,(H,21,24);3-6,13H,2,7-8H2,1H3;3-7,12H,2,8-9H2,1H3;4-6H2,1-3H3;1H2. The average Bonchev–Trinajstić information content (AvgIpc) is 3.32. The second-order valence-electron chi connectivity index (χ2n) is 15.5. The summed E-state index contributed by atoms with van der Waals surface area (Å²) in [5.41, 5.74) is 3.92. The number of carbonyl (C=O) groups is 1. The summed E-state index contributed by atoms with van der Waals surface area (Å²) in [6.07, 6.45) is 2.82. The Morgan fingerprint density at radius 3 is 1.45 bits per heavy atom. The molecule has 0 saturated carbocycles. The lowest BCUT2D eigenvalue weighted by atomic mass is 10.2. The molecule has 0 bridgehead atoms. The number of ether oxygens (including phenoxy) is 1. The van der Waals surface area contributed by atoms with Gasteiger partial charge in [0, 0.05) is 90.3 Å². The molecule has 0 aromatic heterocycles. The van der Waals surface area contributed by atoms with Crippen molar-refractivity contribution in [2.24, 2.45) is 15.3 Å². The number of anilines is 3. The predicted octanol–water partition coefficient (Wildman–Crippen LogP) is 8.71. The van der Waals surface area contributed by atoms with Crippen molar-refractivity contribution in [1.29, 1.82) is 0 Å². The maximum Gasteiger partial charge on any atom is 0.500 e. The van der Waals surface area contributed by atoms with Gasteiger partial charge in [0.25, 0.3) is 0 Å². The highest BCUT2D eigenvalue weighted by Crippen LogP contribution is 2.21. The van der Waals surface area contributed by atoms with Gasteiger partial charge in [-0.25, -0.2) is 14.6 Å². The highest BCUT2D eigenvalue weighted by atomic mass is 28.4. The number of aliphatic hydroxyl groups excluding tert-OH is 2. The first kappa shape index (κ1) is 64.2. The summed E-state index contributed by atoms with van der Waals surface area (Å²) in [6, 6.07) is 26.0. The average molecular weight is 976 g/mol. The molecule has 5 N–H and O–H groups in total. The number of nitroso groups, excluding NO2 is 2. The Bertz CT molecular complexity index is 1710. The van der Waals surface area contributed by atoms with E-state index >= 15 is 0 Å². The van der Waals surface area contributed by atoms with Crippen molar-refractivity contribution in [2.75, 3.05) is 107 Å². The van der Waals surface area contributed by atoms with Crippen molar-refractivity contribution in [3.05, 3.63) is 88.7 Å². The molecule has 3 rings (SSSR count). The maximum absolute atomic E-state index is 12.0. The van der Waals surface area contributed by atoms with E-state index in [1.807, 2.05) is 86.9 Å². The van der Waals surface area contributed by atoms with E-state index in [-0.39, 0.29) is 25.3 Å². The van der Waals surface area contributed by atoms with E-state index < -0.39 is 23.0 Å². The Balaban J connectivity index is 0. The van der Waals surface area contributed by atoms with Crippen LogP contribution in [0.15, 0.2) is 94.2 Å². The topological polar surface area (TPSA) is 236 Å². The van der Waals surface area contributed by atoms with Gasteiger partial charge in [0.1, 0.15) is 18.0 Å². The number of hydrogen-bond acceptors (Lipinski definition) is 16. The monoisotopic (exact) mass is 976 g/mol. The molecule has 0 aliphatic heterocycles. The smallest absolute Gasteiger partial charge is 0.448 e. The quantitative estimate of drug-likeness (QED) is 0.0194. The Kier molecular flexibility index (Phi) is 38.5. The highest BCUT2D eigenvalue weighted by Gasteiger charge is 2.39. The number of benzene rings is 3. The molecule has 0 spiro atoms. The van der Waals surface area contributed by atoms with E-state index in [0.29, 0.717) is 76.4 Å². The molecular weight excluding hydrogens is 895 g/mol. The van der Waals surface area contributed by atoms with Gasteiger partial charge in [0.2, 0.25) is 6.08 Å². The molecule has 0 radical (unpaired) electrons. The maximum atomic E-state index is 12.0. The van der Waals surface area contributed by atoms with Crippen LogP contribution in [0.5, 0.6) is 0 Å². The second-order valence-corrected chi connectivity index (χ2v) is 23.9. The number of alkyl carbamates (subject to hydrolysis) is 1. The number of aliphatic hydroxyl groups is 2. The third-order valence-electron chi connectivity index (χ3n) is 9.52. The Morgan fingerprint density at radius 1 is 0.642 bits per heavy atom. The number of rotatable bonds is 29. The van der Waals surface area contributed by atoms with E-state index in [9.17, 15) is 19.4 Å². The molecule has 3 aromatic carbocycles. The summed E-state index contributed by atoms with van der Waals surface area (Å²) in [5, 5.41) is 26.1. The van der Waals surface area contributed by atoms with Crippen LogP contribution in [0.4, 0.5) is 33.2 Å². The summed E-state index contributed by atoms with van der Waals surface area (Å²) in [6.45, 7) is 26.5. The predicted molar refractivity (Wildman–Crippen MR) is 277 cm³/mol. The fourth-order valence-electron chi connectivity index (χ4n) is 6.27. The summed E-state index contributed by atoms with van der Waals surface area (Å²) < 4.78 is 22.7. The van der Waals surface area contributed by atoms with E-state index in [4.69, 9.17) is 28.2 Å². The number of hydrogen-bond donors (Lipinski definition) is 3. The van der Waals surface area contributed by atoms with Crippen LogP contribution < -0.4 is 20.0 Å². The number of carbonyl (C=O) groups excluding carboxylic acids is 2. The SMILES string of the molecule is CCN(CCO)c1ccc(N=O)cc1.CCN(CCO)c1ccccc1.CCO[Si](CCCNC(=O)OCCN(CC)c1ccc(N=O)cc1)(OCC)OCC.C[Si](C)(C)CCCN=C=O.O. The van der Waals surface area contributed by atoms with E-state index in [1.165, 1.54) is 11.7 Å². The summed E-state index contributed by atoms with van der Waals surface area (Å²) in [4.78, 5) is 52.0. The van der Waals surface area contributed by atoms with Gasteiger partial charge in [0.15, 0.2) is 0 Å². The number of aliphatic imine (C=N–C) groups is 1. The Hall–Kier alpha value is -4.90. The number of likely N-dealkylation sites (N-methyl/N-ethyl adjacent to an activating group) is 3. The molecule has 0 aliphatic rings. The first-order chi connectivity index (χ1) is 31.8. The van der Waals surface area contributed by atoms with Gasteiger partial charge in [-0.05, 0) is 125 Å². The van der Waals surface area contributed by atoms with Crippen LogP contribution in [0, 0.1) is 9.81 Å². The lowest BCUT2D eigenvalue weighted by Crippen LogP contribution is -2.46. The molecule has 0 atom stereocenters. The molecular formula is C47H81N7O11Si2. The fourth-order valence-corrected chi connectivity index (χ4v) is 10.1. The molecule has 0 fully saturated rings. The van der Waals surface area contributed by atoms with Gasteiger partial charge in [-0.3, -0.25) is 0 Å². The molecule has 20 heteroatoms. The van der Waals surface area contributed by atoms with Crippen LogP contribution in [0.25, 0.3) is 0 Å². The van der Waals surface area contributed by atoms with Gasteiger partial charge in [-0.15, -0.1) is 9.81 Å². The van der Waals surface area contributed by atoms with Gasteiger partial charge < -0.3 is 53.7 Å². The minimum atomic E-state index is -2.68. The normalized spacial score (nSPS) is 10.4. The Labute approximate surface area is 401 Å². The molecule has 378 valence electrons. The summed E-state index contributed by atoms with van der Waals surface area (Å²) >= 11 is 0. The highest BCUT2D eigenvalue weighted by molar-refractivity contribution is 6.76. The lowest BCUT2D eigenvalue weighted by molar-refractivity contribution is 0.0706.